The van der Waals surface area contributed by atoms with Gasteiger partial charge < -0.3 is 15.9 Å². The number of rotatable bonds is 6. The van der Waals surface area contributed by atoms with Crippen LogP contribution in [0.15, 0.2) is 91.0 Å². The molecular weight excluding hydrogens is 572 g/mol. The second-order valence-electron chi connectivity index (χ2n) is 12.0. The molecule has 0 heterocycles. The third kappa shape index (κ3) is 7.55. The Morgan fingerprint density at radius 1 is 0.632 bits per heavy atom. The maximum Gasteiger partial charge on any atom is 4.00 e. The Bertz CT molecular complexity index is 1020. The molecule has 5 heteroatoms. The Morgan fingerprint density at radius 3 is 1.29 bits per heavy atom. The fourth-order valence-corrected chi connectivity index (χ4v) is 14.9. The molecule has 2 saturated carbocycles. The van der Waals surface area contributed by atoms with Gasteiger partial charge in [0.25, 0.3) is 0 Å². The first kappa shape index (κ1) is 31.0. The van der Waals surface area contributed by atoms with E-state index in [1.807, 2.05) is 30.3 Å². The fraction of sp³-hybridized carbons (Fsp3) is 0.394. The van der Waals surface area contributed by atoms with Crippen LogP contribution >= 0.6 is 0 Å². The first-order valence-corrected chi connectivity index (χ1v) is 20.0. The molecule has 2 aliphatic rings. The smallest absolute Gasteiger partial charge is 0.688 e. The molecule has 5 rings (SSSR count). The Labute approximate surface area is 253 Å². The minimum atomic E-state index is -1.83. The van der Waals surface area contributed by atoms with Crippen molar-refractivity contribution in [3.8, 4) is 0 Å². The van der Waals surface area contributed by atoms with Crippen LogP contribution in [0.5, 0.6) is 0 Å². The molecule has 0 amide bonds. The van der Waals surface area contributed by atoms with Gasteiger partial charge in [-0.25, -0.2) is 0 Å². The number of hydrogen-bond acceptors (Lipinski definition) is 0. The minimum absolute atomic E-state index is 0. The van der Waals surface area contributed by atoms with Gasteiger partial charge in [-0.3, -0.25) is 0 Å². The van der Waals surface area contributed by atoms with Crippen molar-refractivity contribution in [1.29, 1.82) is 0 Å². The third-order valence-corrected chi connectivity index (χ3v) is 14.9. The molecule has 3 aromatic carbocycles. The second kappa shape index (κ2) is 13.7. The average Bonchev–Trinajstić information content (AvgIpc) is 3.19. The molecule has 0 N–H and O–H groups in total. The van der Waals surface area contributed by atoms with Crippen LogP contribution in [0, 0.1) is 24.7 Å². The monoisotopic (exact) mass is 614 g/mol. The normalized spacial score (nSPS) is 23.3. The van der Waals surface area contributed by atoms with Crippen LogP contribution in [0.3, 0.4) is 0 Å². The molecule has 0 radical (unpaired) electrons. The SMILES string of the molecule is C[C-]1C([Si](C)(C)[N-]c2ccccc2)C2CCCCC2C1[Si](C)(C)[N-]c1ccccc1.[CH2-]c1ccccc1.[Zr+4]. The van der Waals surface area contributed by atoms with Gasteiger partial charge in [-0.05, 0) is 0 Å². The predicted octanol–water partition coefficient (Wildman–Crippen LogP) is 10.8. The molecule has 4 unspecified atom stereocenters. The first-order chi connectivity index (χ1) is 17.7. The van der Waals surface area contributed by atoms with Crippen molar-refractivity contribution in [3.63, 3.8) is 0 Å². The van der Waals surface area contributed by atoms with E-state index in [0.29, 0.717) is 11.1 Å². The number of benzene rings is 3. The number of nitrogens with zero attached hydrogens (tertiary/aromatic N) is 2. The summed E-state index contributed by atoms with van der Waals surface area (Å²) >= 11 is 0. The van der Waals surface area contributed by atoms with Crippen LogP contribution < -0.4 is 0 Å². The molecule has 198 valence electrons. The molecule has 0 aliphatic heterocycles. The first-order valence-electron chi connectivity index (χ1n) is 14.0. The molecule has 38 heavy (non-hydrogen) atoms. The van der Waals surface area contributed by atoms with Crippen LogP contribution in [0.1, 0.15) is 38.2 Å². The van der Waals surface area contributed by atoms with Gasteiger partial charge in [0, 0.05) is 0 Å². The summed E-state index contributed by atoms with van der Waals surface area (Å²) in [5.74, 6) is 3.38. The topological polar surface area (TPSA) is 28.2 Å². The summed E-state index contributed by atoms with van der Waals surface area (Å²) in [6.45, 7) is 16.2. The van der Waals surface area contributed by atoms with Gasteiger partial charge in [0.1, 0.15) is 0 Å². The zero-order valence-corrected chi connectivity index (χ0v) is 28.4. The average molecular weight is 616 g/mol. The molecular formula is C33H44N2Si2Zr. The van der Waals surface area contributed by atoms with E-state index in [1.54, 1.807) is 5.92 Å². The molecule has 0 spiro atoms. The Hall–Kier alpha value is -1.55. The van der Waals surface area contributed by atoms with E-state index in [-0.39, 0.29) is 26.2 Å². The van der Waals surface area contributed by atoms with Crippen LogP contribution in [0.2, 0.25) is 37.3 Å². The summed E-state index contributed by atoms with van der Waals surface area (Å²) in [6.07, 6.45) is 5.57. The van der Waals surface area contributed by atoms with Crippen molar-refractivity contribution in [2.45, 2.75) is 69.9 Å². The van der Waals surface area contributed by atoms with E-state index in [1.165, 1.54) is 37.1 Å². The van der Waals surface area contributed by atoms with E-state index >= 15 is 0 Å². The van der Waals surface area contributed by atoms with E-state index in [0.717, 1.165) is 17.4 Å². The van der Waals surface area contributed by atoms with Gasteiger partial charge >= 0.3 is 26.2 Å². The van der Waals surface area contributed by atoms with E-state index in [2.05, 4.69) is 101 Å². The van der Waals surface area contributed by atoms with Gasteiger partial charge in [-0.15, -0.1) is 23.5 Å². The van der Waals surface area contributed by atoms with Crippen molar-refractivity contribution in [2.75, 3.05) is 0 Å². The Balaban J connectivity index is 0.000000435. The quantitative estimate of drug-likeness (QED) is 0.195. The zero-order valence-electron chi connectivity index (χ0n) is 23.9. The summed E-state index contributed by atoms with van der Waals surface area (Å²) in [6, 6.07) is 31.3. The molecule has 0 bridgehead atoms. The van der Waals surface area contributed by atoms with Crippen LogP contribution in [-0.4, -0.2) is 16.5 Å². The van der Waals surface area contributed by atoms with Gasteiger partial charge in [0.15, 0.2) is 0 Å². The minimum Gasteiger partial charge on any atom is -0.688 e. The van der Waals surface area contributed by atoms with Crippen molar-refractivity contribution in [3.05, 3.63) is 119 Å². The van der Waals surface area contributed by atoms with E-state index in [9.17, 15) is 0 Å². The molecule has 2 fully saturated rings. The van der Waals surface area contributed by atoms with Gasteiger partial charge in [0.2, 0.25) is 0 Å². The number of fused-ring (bicyclic) bond motifs is 1. The molecule has 2 aliphatic carbocycles. The molecule has 0 saturated heterocycles. The van der Waals surface area contributed by atoms with Gasteiger partial charge in [-0.2, -0.15) is 42.6 Å². The Kier molecular flexibility index (Phi) is 11.2. The molecule has 2 nitrogen and oxygen atoms in total. The molecule has 0 aromatic heterocycles. The third-order valence-electron chi connectivity index (χ3n) is 8.42. The number of hydrogen-bond donors (Lipinski definition) is 0. The van der Waals surface area contributed by atoms with E-state index < -0.39 is 16.5 Å². The molecule has 3 aromatic rings. The van der Waals surface area contributed by atoms with Crippen LogP contribution in [-0.2, 0) is 26.2 Å². The summed E-state index contributed by atoms with van der Waals surface area (Å²) in [7, 11) is -3.65. The maximum absolute atomic E-state index is 5.42. The standard InChI is InChI=1S/C26H37N2Si2.C7H7.Zr/c1-20-25(29(2,3)27-21-14-8-6-9-15-21)23-18-12-13-19-24(23)26(20)30(4,5)28-22-16-10-7-11-17-22;1-7-5-3-2-4-6-7;/h6-11,14-17,23-26H,12-13,18-19H2,1-5H3;2-6H,1H2;/q-3;-1;+4. The Morgan fingerprint density at radius 2 is 0.974 bits per heavy atom. The van der Waals surface area contributed by atoms with Crippen LogP contribution in [0.4, 0.5) is 11.4 Å². The largest absolute Gasteiger partial charge is 4.00 e. The summed E-state index contributed by atoms with van der Waals surface area (Å²) < 4.78 is 0. The maximum atomic E-state index is 5.42. The van der Waals surface area contributed by atoms with Crippen molar-refractivity contribution < 1.29 is 26.2 Å². The predicted molar refractivity (Wildman–Crippen MR) is 167 cm³/mol. The van der Waals surface area contributed by atoms with Crippen LogP contribution in [0.25, 0.3) is 9.96 Å². The molecule has 4 atom stereocenters. The van der Waals surface area contributed by atoms with Gasteiger partial charge in [0.05, 0.1) is 0 Å². The summed E-state index contributed by atoms with van der Waals surface area (Å²) in [4.78, 5) is 10.8. The second-order valence-corrected chi connectivity index (χ2v) is 20.3. The summed E-state index contributed by atoms with van der Waals surface area (Å²) in [5.41, 5.74) is 4.78. The van der Waals surface area contributed by atoms with Crippen molar-refractivity contribution in [2.24, 2.45) is 11.8 Å². The van der Waals surface area contributed by atoms with E-state index in [4.69, 9.17) is 9.96 Å². The summed E-state index contributed by atoms with van der Waals surface area (Å²) in [5, 5.41) is 0. The zero-order chi connectivity index (χ0) is 26.5. The fourth-order valence-electron chi connectivity index (χ4n) is 7.33. The van der Waals surface area contributed by atoms with Crippen molar-refractivity contribution in [1.82, 2.24) is 0 Å². The van der Waals surface area contributed by atoms with Crippen molar-refractivity contribution >= 4 is 27.8 Å². The van der Waals surface area contributed by atoms with Gasteiger partial charge in [-0.1, -0.05) is 147 Å².